The molecule has 0 heterocycles. The predicted octanol–water partition coefficient (Wildman–Crippen LogP) is 3.62. The van der Waals surface area contributed by atoms with Crippen molar-refractivity contribution < 1.29 is 27.7 Å². The molecule has 0 aliphatic heterocycles. The molecular formula is C23H28Cl2N4O7S. The maximum Gasteiger partial charge on any atom is 0.271 e. The van der Waals surface area contributed by atoms with Crippen molar-refractivity contribution in [1.29, 1.82) is 0 Å². The van der Waals surface area contributed by atoms with Crippen molar-refractivity contribution in [3.63, 3.8) is 0 Å². The van der Waals surface area contributed by atoms with Crippen LogP contribution in [-0.2, 0) is 26.2 Å². The van der Waals surface area contributed by atoms with Crippen LogP contribution in [0, 0.1) is 10.1 Å². The van der Waals surface area contributed by atoms with E-state index in [1.807, 2.05) is 0 Å². The second-order valence-corrected chi connectivity index (χ2v) is 11.2. The smallest absolute Gasteiger partial charge is 0.271 e. The number of nitro benzene ring substituents is 1. The van der Waals surface area contributed by atoms with Gasteiger partial charge in [0.25, 0.3) is 5.69 Å². The number of benzene rings is 2. The van der Waals surface area contributed by atoms with Gasteiger partial charge in [0.2, 0.25) is 21.8 Å². The molecule has 0 radical (unpaired) electrons. The van der Waals surface area contributed by atoms with E-state index in [0.717, 1.165) is 18.4 Å². The summed E-state index contributed by atoms with van der Waals surface area (Å²) in [4.78, 5) is 38.2. The van der Waals surface area contributed by atoms with Crippen LogP contribution in [0.1, 0.15) is 26.3 Å². The minimum Gasteiger partial charge on any atom is -0.495 e. The largest absolute Gasteiger partial charge is 0.495 e. The van der Waals surface area contributed by atoms with Gasteiger partial charge in [-0.15, -0.1) is 0 Å². The lowest BCUT2D eigenvalue weighted by Crippen LogP contribution is -2.52. The summed E-state index contributed by atoms with van der Waals surface area (Å²) in [6.07, 6.45) is 0.855. The molecule has 0 aliphatic carbocycles. The molecule has 2 amide bonds. The zero-order valence-corrected chi connectivity index (χ0v) is 23.2. The maximum atomic E-state index is 13.6. The lowest BCUT2D eigenvalue weighted by molar-refractivity contribution is -0.384. The lowest BCUT2D eigenvalue weighted by atomic mass is 10.1. The summed E-state index contributed by atoms with van der Waals surface area (Å²) < 4.78 is 31.4. The number of carbonyl (C=O) groups is 2. The molecular weight excluding hydrogens is 547 g/mol. The third-order valence-corrected chi connectivity index (χ3v) is 6.99. The standard InChI is InChI=1S/C23H28Cl2N4O7S/c1-14(2)26-23(31)15(3)27(12-16-6-7-17(24)10-19(16)25)22(30)13-28(37(5,34)35)20-11-18(29(32)33)8-9-21(20)36-4/h6-11,14-15H,12-13H2,1-5H3,(H,26,31)/t15-/m1/s1. The highest BCUT2D eigenvalue weighted by molar-refractivity contribution is 7.92. The number of hydrogen-bond acceptors (Lipinski definition) is 7. The fraction of sp³-hybridized carbons (Fsp3) is 0.391. The van der Waals surface area contributed by atoms with Crippen molar-refractivity contribution in [2.45, 2.75) is 39.4 Å². The van der Waals surface area contributed by atoms with E-state index in [4.69, 9.17) is 27.9 Å². The van der Waals surface area contributed by atoms with Crippen molar-refractivity contribution in [3.05, 3.63) is 62.1 Å². The van der Waals surface area contributed by atoms with E-state index in [1.54, 1.807) is 26.0 Å². The van der Waals surface area contributed by atoms with Crippen LogP contribution in [0.15, 0.2) is 36.4 Å². The van der Waals surface area contributed by atoms with Crippen LogP contribution < -0.4 is 14.4 Å². The van der Waals surface area contributed by atoms with E-state index >= 15 is 0 Å². The van der Waals surface area contributed by atoms with Gasteiger partial charge in [0, 0.05) is 34.8 Å². The zero-order valence-electron chi connectivity index (χ0n) is 20.9. The molecule has 0 bridgehead atoms. The number of non-ortho nitro benzene ring substituents is 1. The maximum absolute atomic E-state index is 13.6. The number of halogens is 2. The Bertz CT molecular complexity index is 1290. The number of methoxy groups -OCH3 is 1. The molecule has 0 unspecified atom stereocenters. The van der Waals surface area contributed by atoms with Crippen LogP contribution in [0.25, 0.3) is 0 Å². The van der Waals surface area contributed by atoms with Gasteiger partial charge in [-0.1, -0.05) is 29.3 Å². The van der Waals surface area contributed by atoms with Crippen molar-refractivity contribution in [2.75, 3.05) is 24.2 Å². The van der Waals surface area contributed by atoms with E-state index < -0.39 is 45.0 Å². The van der Waals surface area contributed by atoms with Crippen LogP contribution in [-0.4, -0.2) is 62.0 Å². The van der Waals surface area contributed by atoms with Crippen LogP contribution in [0.3, 0.4) is 0 Å². The molecule has 0 aliphatic rings. The molecule has 2 rings (SSSR count). The molecule has 0 fully saturated rings. The fourth-order valence-corrected chi connectivity index (χ4v) is 4.72. The SMILES string of the molecule is COc1ccc([N+](=O)[O-])cc1N(CC(=O)N(Cc1ccc(Cl)cc1Cl)[C@H](C)C(=O)NC(C)C)S(C)(=O)=O. The number of nitro groups is 1. The quantitative estimate of drug-likeness (QED) is 0.319. The van der Waals surface area contributed by atoms with Gasteiger partial charge < -0.3 is 15.0 Å². The highest BCUT2D eigenvalue weighted by Crippen LogP contribution is 2.34. The van der Waals surface area contributed by atoms with Crippen molar-refractivity contribution in [2.24, 2.45) is 0 Å². The number of carbonyl (C=O) groups excluding carboxylic acids is 2. The Morgan fingerprint density at radius 3 is 2.30 bits per heavy atom. The zero-order chi connectivity index (χ0) is 28.1. The number of anilines is 1. The first-order valence-electron chi connectivity index (χ1n) is 11.0. The number of hydrogen-bond donors (Lipinski definition) is 1. The van der Waals surface area contributed by atoms with Gasteiger partial charge in [-0.2, -0.15) is 0 Å². The predicted molar refractivity (Wildman–Crippen MR) is 142 cm³/mol. The molecule has 2 aromatic carbocycles. The van der Waals surface area contributed by atoms with Crippen LogP contribution in [0.4, 0.5) is 11.4 Å². The number of rotatable bonds is 11. The molecule has 0 aromatic heterocycles. The molecule has 0 spiro atoms. The van der Waals surface area contributed by atoms with Gasteiger partial charge in [0.05, 0.1) is 18.3 Å². The fourth-order valence-electron chi connectivity index (χ4n) is 3.40. The van der Waals surface area contributed by atoms with E-state index in [0.29, 0.717) is 14.9 Å². The second-order valence-electron chi connectivity index (χ2n) is 8.48. The minimum atomic E-state index is -4.13. The third kappa shape index (κ3) is 7.94. The minimum absolute atomic E-state index is 0.00159. The summed E-state index contributed by atoms with van der Waals surface area (Å²) in [5, 5.41) is 14.7. The summed E-state index contributed by atoms with van der Waals surface area (Å²) >= 11 is 12.3. The molecule has 1 N–H and O–H groups in total. The average Bonchev–Trinajstić information content (AvgIpc) is 2.79. The van der Waals surface area contributed by atoms with Gasteiger partial charge in [-0.3, -0.25) is 24.0 Å². The van der Waals surface area contributed by atoms with Gasteiger partial charge in [0.1, 0.15) is 24.0 Å². The number of sulfonamides is 1. The van der Waals surface area contributed by atoms with E-state index in [2.05, 4.69) is 5.32 Å². The topological polar surface area (TPSA) is 139 Å². The second kappa shape index (κ2) is 12.4. The van der Waals surface area contributed by atoms with Crippen LogP contribution >= 0.6 is 23.2 Å². The number of nitrogens with one attached hydrogen (secondary N) is 1. The van der Waals surface area contributed by atoms with Crippen molar-refractivity contribution in [3.8, 4) is 5.75 Å². The highest BCUT2D eigenvalue weighted by Gasteiger charge is 2.32. The van der Waals surface area contributed by atoms with Gasteiger partial charge in [-0.25, -0.2) is 8.42 Å². The first-order valence-corrected chi connectivity index (χ1v) is 13.6. The Balaban J connectivity index is 2.55. The molecule has 0 saturated heterocycles. The molecule has 2 aromatic rings. The molecule has 202 valence electrons. The first kappa shape index (κ1) is 30.1. The summed E-state index contributed by atoms with van der Waals surface area (Å²) in [6.45, 7) is 4.11. The lowest BCUT2D eigenvalue weighted by Gasteiger charge is -2.32. The molecule has 0 saturated carbocycles. The van der Waals surface area contributed by atoms with Gasteiger partial charge >= 0.3 is 0 Å². The summed E-state index contributed by atoms with van der Waals surface area (Å²) in [7, 11) is -2.87. The third-order valence-electron chi connectivity index (χ3n) is 5.28. The Labute approximate surface area is 225 Å². The van der Waals surface area contributed by atoms with E-state index in [1.165, 1.54) is 31.1 Å². The van der Waals surface area contributed by atoms with Gasteiger partial charge in [-0.05, 0) is 44.5 Å². The molecule has 1 atom stereocenters. The monoisotopic (exact) mass is 574 g/mol. The van der Waals surface area contributed by atoms with E-state index in [9.17, 15) is 28.1 Å². The summed E-state index contributed by atoms with van der Waals surface area (Å²) in [6, 6.07) is 6.80. The van der Waals surface area contributed by atoms with E-state index in [-0.39, 0.29) is 29.0 Å². The average molecular weight is 575 g/mol. The number of nitrogens with zero attached hydrogens (tertiary/aromatic N) is 3. The molecule has 37 heavy (non-hydrogen) atoms. The normalized spacial score (nSPS) is 12.1. The first-order chi connectivity index (χ1) is 17.1. The number of ether oxygens (including phenoxy) is 1. The van der Waals surface area contributed by atoms with Gasteiger partial charge in [0.15, 0.2) is 0 Å². The van der Waals surface area contributed by atoms with Crippen LogP contribution in [0.2, 0.25) is 10.0 Å². The van der Waals surface area contributed by atoms with Crippen LogP contribution in [0.5, 0.6) is 5.75 Å². The molecule has 11 nitrogen and oxygen atoms in total. The Morgan fingerprint density at radius 2 is 1.78 bits per heavy atom. The van der Waals surface area contributed by atoms with Crippen molar-refractivity contribution >= 4 is 56.4 Å². The Kier molecular flexibility index (Phi) is 10.1. The highest BCUT2D eigenvalue weighted by atomic mass is 35.5. The summed E-state index contributed by atoms with van der Waals surface area (Å²) in [5.41, 5.74) is -0.120. The Morgan fingerprint density at radius 1 is 1.14 bits per heavy atom. The van der Waals surface area contributed by atoms with Crippen molar-refractivity contribution in [1.82, 2.24) is 10.2 Å². The number of amides is 2. The molecule has 14 heteroatoms. The Hall–Kier alpha value is -3.09. The summed E-state index contributed by atoms with van der Waals surface area (Å²) in [5.74, 6) is -1.22.